The largest absolute Gasteiger partial charge is 0.304 e. The van der Waals surface area contributed by atoms with Crippen LogP contribution in [0.15, 0.2) is 30.3 Å². The van der Waals surface area contributed by atoms with E-state index in [2.05, 4.69) is 0 Å². The number of alkyl halides is 2. The molecule has 1 fully saturated rings. The third-order valence-electron chi connectivity index (χ3n) is 4.99. The minimum Gasteiger partial charge on any atom is -0.207 e. The first kappa shape index (κ1) is 17.9. The minimum absolute atomic E-state index is 0.00255. The van der Waals surface area contributed by atoms with Gasteiger partial charge in [0.1, 0.15) is 17.5 Å². The van der Waals surface area contributed by atoms with Crippen LogP contribution in [-0.4, -0.2) is 0 Å². The Bertz CT molecular complexity index is 753. The second-order valence-corrected chi connectivity index (χ2v) is 6.73. The molecule has 0 aliphatic heterocycles. The molecule has 0 unspecified atom stereocenters. The molecule has 0 atom stereocenters. The lowest BCUT2D eigenvalue weighted by Gasteiger charge is -2.24. The van der Waals surface area contributed by atoms with Crippen LogP contribution in [0.3, 0.4) is 0 Å². The molecule has 3 rings (SSSR count). The van der Waals surface area contributed by atoms with Gasteiger partial charge in [0.2, 0.25) is 0 Å². The van der Waals surface area contributed by atoms with Gasteiger partial charge in [-0.05, 0) is 55.0 Å². The Hall–Kier alpha value is -1.91. The number of aryl methyl sites for hydroxylation is 1. The van der Waals surface area contributed by atoms with Crippen LogP contribution >= 0.6 is 0 Å². The molecule has 2 aromatic carbocycles. The summed E-state index contributed by atoms with van der Waals surface area (Å²) >= 11 is 0. The zero-order valence-electron chi connectivity index (χ0n) is 13.9. The molecule has 0 bridgehead atoms. The van der Waals surface area contributed by atoms with E-state index in [1.165, 1.54) is 13.0 Å². The van der Waals surface area contributed by atoms with Crippen LogP contribution in [0.2, 0.25) is 0 Å². The lowest BCUT2D eigenvalue weighted by Crippen LogP contribution is -2.20. The quantitative estimate of drug-likeness (QED) is 0.545. The maximum Gasteiger partial charge on any atom is 0.304 e. The van der Waals surface area contributed by atoms with Crippen molar-refractivity contribution in [3.05, 3.63) is 70.0 Å². The minimum atomic E-state index is -3.95. The topological polar surface area (TPSA) is 0 Å². The summed E-state index contributed by atoms with van der Waals surface area (Å²) in [7, 11) is 0. The Morgan fingerprint density at radius 3 is 2.00 bits per heavy atom. The van der Waals surface area contributed by atoms with E-state index in [1.54, 1.807) is 0 Å². The van der Waals surface area contributed by atoms with E-state index in [0.29, 0.717) is 11.6 Å². The highest BCUT2D eigenvalue weighted by molar-refractivity contribution is 5.39. The molecule has 134 valence electrons. The summed E-state index contributed by atoms with van der Waals surface area (Å²) in [5, 5.41) is 0. The number of halogens is 5. The number of hydrogen-bond donors (Lipinski definition) is 0. The lowest BCUT2D eigenvalue weighted by atomic mass is 9.83. The van der Waals surface area contributed by atoms with Crippen LogP contribution in [0.25, 0.3) is 0 Å². The molecular weight excluding hydrogens is 335 g/mol. The molecular formula is C20H19F5. The van der Waals surface area contributed by atoms with E-state index in [0.717, 1.165) is 50.3 Å². The van der Waals surface area contributed by atoms with Crippen LogP contribution in [0.5, 0.6) is 0 Å². The second kappa shape index (κ2) is 6.77. The maximum absolute atomic E-state index is 14.6. The fourth-order valence-electron chi connectivity index (χ4n) is 3.50. The van der Waals surface area contributed by atoms with Crippen molar-refractivity contribution in [3.63, 3.8) is 0 Å². The van der Waals surface area contributed by atoms with E-state index < -0.39 is 34.5 Å². The third-order valence-corrected chi connectivity index (χ3v) is 4.99. The predicted molar refractivity (Wildman–Crippen MR) is 86.3 cm³/mol. The number of benzene rings is 2. The van der Waals surface area contributed by atoms with E-state index in [4.69, 9.17) is 0 Å². The van der Waals surface area contributed by atoms with Crippen LogP contribution in [0, 0.1) is 24.4 Å². The van der Waals surface area contributed by atoms with Gasteiger partial charge in [-0.2, -0.15) is 8.78 Å². The summed E-state index contributed by atoms with van der Waals surface area (Å²) in [6.07, 6.45) is 4.62. The Kier molecular flexibility index (Phi) is 4.85. The third kappa shape index (κ3) is 3.42. The van der Waals surface area contributed by atoms with Gasteiger partial charge in [-0.15, -0.1) is 0 Å². The van der Waals surface area contributed by atoms with E-state index in [-0.39, 0.29) is 11.5 Å². The second-order valence-electron chi connectivity index (χ2n) is 6.73. The lowest BCUT2D eigenvalue weighted by molar-refractivity contribution is 0.0343. The van der Waals surface area contributed by atoms with Gasteiger partial charge in [0.15, 0.2) is 0 Å². The normalized spacial score (nSPS) is 16.2. The van der Waals surface area contributed by atoms with Crippen LogP contribution < -0.4 is 0 Å². The predicted octanol–water partition coefficient (Wildman–Crippen LogP) is 6.60. The molecule has 0 aromatic heterocycles. The average molecular weight is 354 g/mol. The summed E-state index contributed by atoms with van der Waals surface area (Å²) in [5.74, 6) is -7.36. The molecule has 1 aliphatic rings. The van der Waals surface area contributed by atoms with Crippen LogP contribution in [-0.2, 0) is 5.92 Å². The standard InChI is InChI=1S/C20H19F5/c1-12-7-8-15(11-16(12)21)20(24,25)19-17(22)9-14(10-18(19)23)13-5-3-2-4-6-13/h7-11,13H,2-6H2,1H3. The zero-order chi connectivity index (χ0) is 18.2. The van der Waals surface area contributed by atoms with Gasteiger partial charge in [0.25, 0.3) is 0 Å². The summed E-state index contributed by atoms with van der Waals surface area (Å²) in [6.45, 7) is 1.43. The molecule has 0 N–H and O–H groups in total. The van der Waals surface area contributed by atoms with Crippen molar-refractivity contribution in [2.24, 2.45) is 0 Å². The van der Waals surface area contributed by atoms with Gasteiger partial charge in [-0.1, -0.05) is 31.4 Å². The van der Waals surface area contributed by atoms with Crippen molar-refractivity contribution in [1.82, 2.24) is 0 Å². The van der Waals surface area contributed by atoms with Gasteiger partial charge < -0.3 is 0 Å². The highest BCUT2D eigenvalue weighted by Gasteiger charge is 2.40. The molecule has 0 radical (unpaired) electrons. The molecule has 1 saturated carbocycles. The van der Waals surface area contributed by atoms with E-state index in [9.17, 15) is 22.0 Å². The van der Waals surface area contributed by atoms with Gasteiger partial charge in [-0.25, -0.2) is 13.2 Å². The monoisotopic (exact) mass is 354 g/mol. The molecule has 0 nitrogen and oxygen atoms in total. The molecule has 0 saturated heterocycles. The van der Waals surface area contributed by atoms with Crippen LogP contribution in [0.1, 0.15) is 60.3 Å². The van der Waals surface area contributed by atoms with Crippen molar-refractivity contribution < 1.29 is 22.0 Å². The van der Waals surface area contributed by atoms with Gasteiger partial charge in [-0.3, -0.25) is 0 Å². The summed E-state index contributed by atoms with van der Waals surface area (Å²) in [4.78, 5) is 0. The first-order valence-corrected chi connectivity index (χ1v) is 8.44. The van der Waals surface area contributed by atoms with Gasteiger partial charge in [0, 0.05) is 5.56 Å². The Morgan fingerprint density at radius 2 is 1.44 bits per heavy atom. The Labute approximate surface area is 143 Å². The van der Waals surface area contributed by atoms with Gasteiger partial charge >= 0.3 is 5.92 Å². The zero-order valence-corrected chi connectivity index (χ0v) is 13.9. The number of hydrogen-bond acceptors (Lipinski definition) is 0. The Morgan fingerprint density at radius 1 is 0.840 bits per heavy atom. The molecule has 0 spiro atoms. The SMILES string of the molecule is Cc1ccc(C(F)(F)c2c(F)cc(C3CCCCC3)cc2F)cc1F. The molecule has 0 amide bonds. The van der Waals surface area contributed by atoms with Crippen molar-refractivity contribution in [2.45, 2.75) is 50.9 Å². The molecule has 25 heavy (non-hydrogen) atoms. The van der Waals surface area contributed by atoms with E-state index in [1.807, 2.05) is 0 Å². The van der Waals surface area contributed by atoms with Crippen molar-refractivity contribution in [2.75, 3.05) is 0 Å². The smallest absolute Gasteiger partial charge is 0.207 e. The fourth-order valence-corrected chi connectivity index (χ4v) is 3.50. The van der Waals surface area contributed by atoms with Crippen molar-refractivity contribution in [3.8, 4) is 0 Å². The molecule has 0 heterocycles. The van der Waals surface area contributed by atoms with E-state index >= 15 is 0 Å². The highest BCUT2D eigenvalue weighted by atomic mass is 19.3. The van der Waals surface area contributed by atoms with Crippen LogP contribution in [0.4, 0.5) is 22.0 Å². The van der Waals surface area contributed by atoms with Gasteiger partial charge in [0.05, 0.1) is 5.56 Å². The summed E-state index contributed by atoms with van der Waals surface area (Å²) in [6, 6.07) is 4.81. The first-order chi connectivity index (χ1) is 11.8. The van der Waals surface area contributed by atoms with Crippen molar-refractivity contribution in [1.29, 1.82) is 0 Å². The molecule has 1 aliphatic carbocycles. The average Bonchev–Trinajstić information content (AvgIpc) is 2.57. The number of rotatable bonds is 3. The maximum atomic E-state index is 14.6. The highest BCUT2D eigenvalue weighted by Crippen LogP contribution is 2.41. The Balaban J connectivity index is 2.02. The molecule has 2 aromatic rings. The summed E-state index contributed by atoms with van der Waals surface area (Å²) in [5.41, 5.74) is -1.48. The van der Waals surface area contributed by atoms with Crippen molar-refractivity contribution >= 4 is 0 Å². The summed E-state index contributed by atoms with van der Waals surface area (Å²) < 4.78 is 71.7. The fraction of sp³-hybridized carbons (Fsp3) is 0.400. The molecule has 5 heteroatoms. The first-order valence-electron chi connectivity index (χ1n) is 8.44.